The topological polar surface area (TPSA) is 124 Å². The Balaban J connectivity index is 1.71. The number of benzene rings is 3. The summed E-state index contributed by atoms with van der Waals surface area (Å²) in [5, 5.41) is 38.2. The highest BCUT2D eigenvalue weighted by Gasteiger charge is 2.05. The molecule has 3 aromatic carbocycles. The second-order valence-corrected chi connectivity index (χ2v) is 7.30. The summed E-state index contributed by atoms with van der Waals surface area (Å²) in [6.45, 7) is 0.820. The number of phenols is 2. The Bertz CT molecular complexity index is 1040. The van der Waals surface area contributed by atoms with E-state index in [9.17, 15) is 10.2 Å². The van der Waals surface area contributed by atoms with Crippen LogP contribution in [-0.4, -0.2) is 59.3 Å². The van der Waals surface area contributed by atoms with Gasteiger partial charge in [-0.3, -0.25) is 9.98 Å². The normalized spacial score (nSPS) is 11.4. The third kappa shape index (κ3) is 7.33. The molecule has 0 unspecified atom stereocenters. The van der Waals surface area contributed by atoms with Crippen molar-refractivity contribution in [2.24, 2.45) is 9.98 Å². The Hall–Kier alpha value is -3.88. The first kappa shape index (κ1) is 24.8. The van der Waals surface area contributed by atoms with Crippen molar-refractivity contribution >= 4 is 23.8 Å². The van der Waals surface area contributed by atoms with Gasteiger partial charge in [0, 0.05) is 61.7 Å². The summed E-state index contributed by atoms with van der Waals surface area (Å²) >= 11 is 0. The maximum atomic E-state index is 10.3. The fourth-order valence-electron chi connectivity index (χ4n) is 2.91. The summed E-state index contributed by atoms with van der Waals surface area (Å²) in [5.74, 6) is 1.07. The Morgan fingerprint density at radius 1 is 0.647 bits per heavy atom. The molecule has 0 aromatic heterocycles. The van der Waals surface area contributed by atoms with Gasteiger partial charge in [-0.25, -0.2) is 0 Å². The maximum Gasteiger partial charge on any atom is 0.128 e. The minimum atomic E-state index is 0.0254. The molecule has 3 rings (SSSR count). The van der Waals surface area contributed by atoms with Gasteiger partial charge in [-0.15, -0.1) is 0 Å². The van der Waals surface area contributed by atoms with Crippen molar-refractivity contribution < 1.29 is 29.9 Å². The molecule has 0 aliphatic rings. The monoisotopic (exact) mass is 464 g/mol. The van der Waals surface area contributed by atoms with E-state index < -0.39 is 0 Å². The van der Waals surface area contributed by atoms with Crippen LogP contribution in [-0.2, 0) is 0 Å². The van der Waals surface area contributed by atoms with Crippen molar-refractivity contribution in [1.82, 2.24) is 0 Å². The molecule has 34 heavy (non-hydrogen) atoms. The van der Waals surface area contributed by atoms with Crippen molar-refractivity contribution in [2.75, 3.05) is 26.4 Å². The van der Waals surface area contributed by atoms with Gasteiger partial charge in [0.15, 0.2) is 0 Å². The van der Waals surface area contributed by atoms with Crippen LogP contribution in [0.15, 0.2) is 70.6 Å². The molecule has 0 heterocycles. The number of ether oxygens (including phenoxy) is 2. The number of aliphatic hydroxyl groups excluding tert-OH is 2. The van der Waals surface area contributed by atoms with Crippen LogP contribution in [0.3, 0.4) is 0 Å². The first-order chi connectivity index (χ1) is 16.6. The van der Waals surface area contributed by atoms with Crippen LogP contribution in [0.25, 0.3) is 0 Å². The minimum Gasteiger partial charge on any atom is -0.507 e. The molecule has 4 N–H and O–H groups in total. The number of aliphatic imine (C=N–C) groups is 2. The first-order valence-corrected chi connectivity index (χ1v) is 10.9. The van der Waals surface area contributed by atoms with Gasteiger partial charge in [-0.1, -0.05) is 12.1 Å². The minimum absolute atomic E-state index is 0.0254. The second-order valence-electron chi connectivity index (χ2n) is 7.30. The summed E-state index contributed by atoms with van der Waals surface area (Å²) in [6.07, 6.45) is 4.11. The van der Waals surface area contributed by atoms with Crippen molar-refractivity contribution in [2.45, 2.75) is 12.8 Å². The number of nitrogens with zero attached hydrogens (tertiary/aromatic N) is 2. The summed E-state index contributed by atoms with van der Waals surface area (Å²) in [5.41, 5.74) is 2.21. The van der Waals surface area contributed by atoms with Crippen molar-refractivity contribution in [3.05, 3.63) is 71.8 Å². The molecule has 0 bridgehead atoms. The average Bonchev–Trinajstić information content (AvgIpc) is 2.84. The van der Waals surface area contributed by atoms with E-state index in [2.05, 4.69) is 9.98 Å². The van der Waals surface area contributed by atoms with Crippen molar-refractivity contribution in [1.29, 1.82) is 0 Å². The number of para-hydroxylation sites is 2. The molecule has 0 aliphatic carbocycles. The zero-order valence-corrected chi connectivity index (χ0v) is 18.7. The molecule has 0 radical (unpaired) electrons. The lowest BCUT2D eigenvalue weighted by molar-refractivity contribution is 0.233. The van der Waals surface area contributed by atoms with Crippen LogP contribution in [0.1, 0.15) is 24.0 Å². The number of hydrogen-bond acceptors (Lipinski definition) is 8. The Labute approximate surface area is 198 Å². The van der Waals surface area contributed by atoms with E-state index in [0.29, 0.717) is 60.1 Å². The number of aromatic hydroxyl groups is 2. The van der Waals surface area contributed by atoms with Gasteiger partial charge >= 0.3 is 0 Å². The molecule has 8 heteroatoms. The van der Waals surface area contributed by atoms with Gasteiger partial charge in [0.05, 0.1) is 24.6 Å². The van der Waals surface area contributed by atoms with Crippen LogP contribution in [0.4, 0.5) is 11.4 Å². The van der Waals surface area contributed by atoms with E-state index in [4.69, 9.17) is 19.7 Å². The molecule has 0 saturated heterocycles. The molecule has 8 nitrogen and oxygen atoms in total. The molecule has 178 valence electrons. The Kier molecular flexibility index (Phi) is 9.45. The third-order valence-electron chi connectivity index (χ3n) is 4.71. The number of hydrogen-bond donors (Lipinski definition) is 4. The molecule has 0 spiro atoms. The zero-order valence-electron chi connectivity index (χ0n) is 18.7. The van der Waals surface area contributed by atoms with E-state index in [1.165, 1.54) is 24.6 Å². The number of aliphatic hydroxyl groups is 2. The van der Waals surface area contributed by atoms with Gasteiger partial charge < -0.3 is 29.9 Å². The summed E-state index contributed by atoms with van der Waals surface area (Å²) in [4.78, 5) is 8.91. The highest BCUT2D eigenvalue weighted by atomic mass is 16.5. The van der Waals surface area contributed by atoms with Crippen LogP contribution in [0.2, 0.25) is 0 Å². The molecule has 3 aromatic rings. The molecule has 0 fully saturated rings. The molecular formula is C26H28N2O6. The standard InChI is InChI=1S/C26H28N2O6/c29-11-3-13-33-21-9-7-19(25(31)15-21)17-27-23-5-1-2-6-24(23)28-18-20-8-10-22(16-26(20)32)34-14-4-12-30/h1-2,5-10,15-18,29-32H,3-4,11-14H2. The maximum absolute atomic E-state index is 10.3. The fourth-order valence-corrected chi connectivity index (χ4v) is 2.91. The predicted molar refractivity (Wildman–Crippen MR) is 132 cm³/mol. The van der Waals surface area contributed by atoms with Crippen LogP contribution < -0.4 is 9.47 Å². The van der Waals surface area contributed by atoms with E-state index in [1.54, 1.807) is 36.4 Å². The van der Waals surface area contributed by atoms with Crippen LogP contribution in [0, 0.1) is 0 Å². The SMILES string of the molecule is OCCCOc1ccc(C=Nc2ccccc2N=Cc2ccc(OCCCO)cc2O)c(O)c1. The lowest BCUT2D eigenvalue weighted by atomic mass is 10.2. The van der Waals surface area contributed by atoms with Gasteiger partial charge in [0.25, 0.3) is 0 Å². The first-order valence-electron chi connectivity index (χ1n) is 10.9. The van der Waals surface area contributed by atoms with E-state index in [-0.39, 0.29) is 24.7 Å². The van der Waals surface area contributed by atoms with Crippen molar-refractivity contribution in [3.63, 3.8) is 0 Å². The Morgan fingerprint density at radius 3 is 1.47 bits per heavy atom. The summed E-state index contributed by atoms with van der Waals surface area (Å²) in [6, 6.07) is 17.1. The molecule has 0 atom stereocenters. The highest BCUT2D eigenvalue weighted by molar-refractivity contribution is 5.89. The summed E-state index contributed by atoms with van der Waals surface area (Å²) in [7, 11) is 0. The molecular weight excluding hydrogens is 436 g/mol. The van der Waals surface area contributed by atoms with Gasteiger partial charge in [-0.2, -0.15) is 0 Å². The van der Waals surface area contributed by atoms with E-state index in [1.807, 2.05) is 12.1 Å². The van der Waals surface area contributed by atoms with E-state index >= 15 is 0 Å². The molecule has 0 aliphatic heterocycles. The third-order valence-corrected chi connectivity index (χ3v) is 4.71. The highest BCUT2D eigenvalue weighted by Crippen LogP contribution is 2.30. The van der Waals surface area contributed by atoms with Gasteiger partial charge in [0.2, 0.25) is 0 Å². The molecule has 0 saturated carbocycles. The lowest BCUT2D eigenvalue weighted by Gasteiger charge is -2.07. The van der Waals surface area contributed by atoms with Crippen molar-refractivity contribution in [3.8, 4) is 23.0 Å². The van der Waals surface area contributed by atoms with Gasteiger partial charge in [0.1, 0.15) is 23.0 Å². The predicted octanol–water partition coefficient (Wildman–Crippen LogP) is 4.12. The fraction of sp³-hybridized carbons (Fsp3) is 0.231. The smallest absolute Gasteiger partial charge is 0.128 e. The van der Waals surface area contributed by atoms with Crippen LogP contribution in [0.5, 0.6) is 23.0 Å². The molecule has 0 amide bonds. The second kappa shape index (κ2) is 13.0. The lowest BCUT2D eigenvalue weighted by Crippen LogP contribution is -1.99. The van der Waals surface area contributed by atoms with Crippen LogP contribution >= 0.6 is 0 Å². The number of rotatable bonds is 12. The zero-order chi connectivity index (χ0) is 24.2. The average molecular weight is 465 g/mol. The van der Waals surface area contributed by atoms with Gasteiger partial charge in [-0.05, 0) is 36.4 Å². The largest absolute Gasteiger partial charge is 0.507 e. The van der Waals surface area contributed by atoms with E-state index in [0.717, 1.165) is 0 Å². The Morgan fingerprint density at radius 2 is 1.09 bits per heavy atom. The summed E-state index contributed by atoms with van der Waals surface area (Å²) < 4.78 is 10.9. The quantitative estimate of drug-likeness (QED) is 0.236. The number of phenolic OH excluding ortho intramolecular Hbond substituents is 2.